The van der Waals surface area contributed by atoms with Gasteiger partial charge >= 0.3 is 17.9 Å². The molecule has 10 nitrogen and oxygen atoms in total. The van der Waals surface area contributed by atoms with Gasteiger partial charge in [-0.2, -0.15) is 0 Å². The molecule has 192 valence electrons. The highest BCUT2D eigenvalue weighted by Gasteiger charge is 2.41. The molecule has 0 bridgehead atoms. The molecule has 1 aliphatic heterocycles. The predicted octanol–water partition coefficient (Wildman–Crippen LogP) is 2.09. The lowest BCUT2D eigenvalue weighted by atomic mass is 9.90. The van der Waals surface area contributed by atoms with Crippen LogP contribution in [0.25, 0.3) is 0 Å². The Morgan fingerprint density at radius 1 is 1.00 bits per heavy atom. The largest absolute Gasteiger partial charge is 0.461 e. The lowest BCUT2D eigenvalue weighted by molar-refractivity contribution is -0.151. The molecule has 0 spiro atoms. The number of rotatable bonds is 13. The molecule has 0 aliphatic carbocycles. The maximum Gasteiger partial charge on any atom is 0.340 e. The maximum atomic E-state index is 13.0. The fourth-order valence-electron chi connectivity index (χ4n) is 3.54. The van der Waals surface area contributed by atoms with E-state index in [-0.39, 0.29) is 49.6 Å². The van der Waals surface area contributed by atoms with Crippen molar-refractivity contribution in [3.05, 3.63) is 67.3 Å². The average molecular weight is 517 g/mol. The van der Waals surface area contributed by atoms with E-state index in [2.05, 4.69) is 43.0 Å². The molecule has 0 aromatic heterocycles. The second kappa shape index (κ2) is 14.0. The van der Waals surface area contributed by atoms with Crippen molar-refractivity contribution in [3.63, 3.8) is 0 Å². The Labute approximate surface area is 214 Å². The van der Waals surface area contributed by atoms with Crippen LogP contribution in [0.4, 0.5) is 5.69 Å². The highest BCUT2D eigenvalue weighted by atomic mass is 32.1. The maximum absolute atomic E-state index is 13.0. The SMILES string of the molecule is C=CCOC(=O)c1ccc(NC(=O)[C@@H]2C[C@@H](C(C(=O)S)C(=O)OCC=C)CN2)c(C(=O)OCC=C)c1. The summed E-state index contributed by atoms with van der Waals surface area (Å²) in [4.78, 5) is 62.0. The Morgan fingerprint density at radius 3 is 2.22 bits per heavy atom. The van der Waals surface area contributed by atoms with Crippen LogP contribution >= 0.6 is 12.6 Å². The second-order valence-electron chi connectivity index (χ2n) is 7.72. The molecule has 1 saturated heterocycles. The monoisotopic (exact) mass is 516 g/mol. The number of carbonyl (C=O) groups is 5. The van der Waals surface area contributed by atoms with Crippen molar-refractivity contribution in [3.8, 4) is 0 Å². The molecule has 2 rings (SSSR count). The molecular formula is C25H28N2O8S. The molecule has 1 aromatic carbocycles. The van der Waals surface area contributed by atoms with Crippen molar-refractivity contribution >= 4 is 47.2 Å². The van der Waals surface area contributed by atoms with Crippen LogP contribution in [0.15, 0.2) is 56.2 Å². The van der Waals surface area contributed by atoms with E-state index in [1.807, 2.05) is 0 Å². The van der Waals surface area contributed by atoms with E-state index in [0.717, 1.165) is 0 Å². The van der Waals surface area contributed by atoms with Crippen molar-refractivity contribution in [2.24, 2.45) is 11.8 Å². The summed E-state index contributed by atoms with van der Waals surface area (Å²) in [6, 6.07) is 3.25. The zero-order valence-electron chi connectivity index (χ0n) is 19.6. The van der Waals surface area contributed by atoms with Crippen LogP contribution in [-0.2, 0) is 28.6 Å². The van der Waals surface area contributed by atoms with Gasteiger partial charge in [0, 0.05) is 6.54 Å². The Bertz CT molecular complexity index is 1050. The van der Waals surface area contributed by atoms with E-state index < -0.39 is 46.8 Å². The zero-order chi connectivity index (χ0) is 26.7. The highest BCUT2D eigenvalue weighted by molar-refractivity contribution is 7.96. The molecule has 3 atom stereocenters. The summed E-state index contributed by atoms with van der Waals surface area (Å²) < 4.78 is 15.1. The molecule has 1 aromatic rings. The van der Waals surface area contributed by atoms with E-state index in [0.29, 0.717) is 0 Å². The van der Waals surface area contributed by atoms with Crippen LogP contribution in [0.3, 0.4) is 0 Å². The summed E-state index contributed by atoms with van der Waals surface area (Å²) in [5.74, 6) is -4.40. The van der Waals surface area contributed by atoms with Gasteiger partial charge in [0.15, 0.2) is 5.12 Å². The number of amides is 1. The molecule has 1 unspecified atom stereocenters. The third-order valence-corrected chi connectivity index (χ3v) is 5.49. The molecule has 0 radical (unpaired) electrons. The lowest BCUT2D eigenvalue weighted by Crippen LogP contribution is -2.36. The van der Waals surface area contributed by atoms with Crippen LogP contribution < -0.4 is 10.6 Å². The molecule has 0 saturated carbocycles. The summed E-state index contributed by atoms with van der Waals surface area (Å²) >= 11 is 3.81. The van der Waals surface area contributed by atoms with Crippen molar-refractivity contribution in [2.75, 3.05) is 31.7 Å². The van der Waals surface area contributed by atoms with Crippen molar-refractivity contribution < 1.29 is 38.2 Å². The van der Waals surface area contributed by atoms with Gasteiger partial charge in [-0.05, 0) is 30.5 Å². The van der Waals surface area contributed by atoms with E-state index >= 15 is 0 Å². The van der Waals surface area contributed by atoms with Crippen molar-refractivity contribution in [2.45, 2.75) is 12.5 Å². The highest BCUT2D eigenvalue weighted by Crippen LogP contribution is 2.27. The third kappa shape index (κ3) is 7.65. The van der Waals surface area contributed by atoms with Crippen molar-refractivity contribution in [1.29, 1.82) is 0 Å². The van der Waals surface area contributed by atoms with Gasteiger partial charge < -0.3 is 24.8 Å². The Kier molecular flexibility index (Phi) is 11.1. The van der Waals surface area contributed by atoms with Crippen LogP contribution in [0.2, 0.25) is 0 Å². The van der Waals surface area contributed by atoms with Gasteiger partial charge in [-0.3, -0.25) is 14.4 Å². The summed E-state index contributed by atoms with van der Waals surface area (Å²) in [5.41, 5.74) is 0.114. The molecule has 1 amide bonds. The number of carbonyl (C=O) groups excluding carboxylic acids is 5. The predicted molar refractivity (Wildman–Crippen MR) is 135 cm³/mol. The molecule has 1 heterocycles. The first-order chi connectivity index (χ1) is 17.2. The number of anilines is 1. The first-order valence-electron chi connectivity index (χ1n) is 11.0. The summed E-state index contributed by atoms with van der Waals surface area (Å²) in [7, 11) is 0. The summed E-state index contributed by atoms with van der Waals surface area (Å²) in [6.45, 7) is 10.5. The minimum Gasteiger partial charge on any atom is -0.461 e. The Hall–Kier alpha value is -3.70. The fourth-order valence-corrected chi connectivity index (χ4v) is 3.86. The number of hydrogen-bond donors (Lipinski definition) is 3. The quantitative estimate of drug-likeness (QED) is 0.118. The van der Waals surface area contributed by atoms with Gasteiger partial charge in [0.1, 0.15) is 25.7 Å². The summed E-state index contributed by atoms with van der Waals surface area (Å²) in [6.07, 6.45) is 4.30. The van der Waals surface area contributed by atoms with E-state index in [1.165, 1.54) is 36.4 Å². The van der Waals surface area contributed by atoms with E-state index in [4.69, 9.17) is 14.2 Å². The van der Waals surface area contributed by atoms with E-state index in [1.54, 1.807) is 0 Å². The van der Waals surface area contributed by atoms with Crippen LogP contribution in [0.5, 0.6) is 0 Å². The van der Waals surface area contributed by atoms with Crippen molar-refractivity contribution in [1.82, 2.24) is 5.32 Å². The number of ether oxygens (including phenoxy) is 3. The van der Waals surface area contributed by atoms with Crippen LogP contribution in [-0.4, -0.2) is 61.3 Å². The topological polar surface area (TPSA) is 137 Å². The molecular weight excluding hydrogens is 488 g/mol. The smallest absolute Gasteiger partial charge is 0.340 e. The molecule has 11 heteroatoms. The summed E-state index contributed by atoms with van der Waals surface area (Å²) in [5, 5.41) is 4.95. The molecule has 2 N–H and O–H groups in total. The number of esters is 3. The number of thiol groups is 1. The van der Waals surface area contributed by atoms with E-state index in [9.17, 15) is 24.0 Å². The minimum atomic E-state index is -1.15. The molecule has 1 aliphatic rings. The number of benzene rings is 1. The number of nitrogens with one attached hydrogen (secondary N) is 2. The first kappa shape index (κ1) is 28.5. The van der Waals surface area contributed by atoms with Gasteiger partial charge in [-0.25, -0.2) is 9.59 Å². The van der Waals surface area contributed by atoms with Gasteiger partial charge in [0.25, 0.3) is 0 Å². The van der Waals surface area contributed by atoms with Gasteiger partial charge in [-0.1, -0.05) is 38.0 Å². The van der Waals surface area contributed by atoms with Gasteiger partial charge in [0.2, 0.25) is 5.91 Å². The minimum absolute atomic E-state index is 0.0149. The third-order valence-electron chi connectivity index (χ3n) is 5.21. The second-order valence-corrected chi connectivity index (χ2v) is 8.16. The molecule has 36 heavy (non-hydrogen) atoms. The lowest BCUT2D eigenvalue weighted by Gasteiger charge is -2.18. The zero-order valence-corrected chi connectivity index (χ0v) is 20.5. The normalized spacial score (nSPS) is 17.2. The number of hydrogen-bond acceptors (Lipinski definition) is 9. The van der Waals surface area contributed by atoms with Crippen LogP contribution in [0.1, 0.15) is 27.1 Å². The standard InChI is InChI=1S/C25H28N2O8S/c1-4-9-33-22(29)15-7-8-18(17(12-15)23(30)34-10-5-2)27-21(28)19-13-16(14-26-19)20(25(32)36)24(31)35-11-6-3/h4-8,12,16,19-20,26H,1-3,9-11,13-14H2,(H,27,28)(H,32,36)/t16-,19+,20?/m1/s1. The Morgan fingerprint density at radius 2 is 1.61 bits per heavy atom. The Balaban J connectivity index is 2.19. The van der Waals surface area contributed by atoms with Gasteiger partial charge in [0.05, 0.1) is 22.9 Å². The average Bonchev–Trinajstić information content (AvgIpc) is 3.34. The first-order valence-corrected chi connectivity index (χ1v) is 11.4. The van der Waals surface area contributed by atoms with Gasteiger partial charge in [-0.15, -0.1) is 12.6 Å². The molecule has 1 fully saturated rings. The van der Waals surface area contributed by atoms with Crippen LogP contribution in [0, 0.1) is 11.8 Å². The fraction of sp³-hybridized carbons (Fsp3) is 0.320.